The average Bonchev–Trinajstić information content (AvgIpc) is 2.08. The van der Waals surface area contributed by atoms with E-state index in [4.69, 9.17) is 0 Å². The largest absolute Gasteiger partial charge is 0.357 e. The Morgan fingerprint density at radius 2 is 1.82 bits per heavy atom. The number of carbonyl (C=O) groups is 1. The summed E-state index contributed by atoms with van der Waals surface area (Å²) in [4.78, 5) is 17.6. The second-order valence-electron chi connectivity index (χ2n) is 4.86. The van der Waals surface area contributed by atoms with Crippen LogP contribution < -0.4 is 10.6 Å². The number of guanidine groups is 1. The van der Waals surface area contributed by atoms with Gasteiger partial charge in [-0.3, -0.25) is 4.79 Å². The summed E-state index contributed by atoms with van der Waals surface area (Å²) in [6.07, 6.45) is 0. The monoisotopic (exact) mass is 356 g/mol. The van der Waals surface area contributed by atoms with Crippen molar-refractivity contribution in [2.45, 2.75) is 33.2 Å². The van der Waals surface area contributed by atoms with Crippen LogP contribution in [0.3, 0.4) is 0 Å². The number of hydrogen-bond donors (Lipinski definition) is 2. The fourth-order valence-corrected chi connectivity index (χ4v) is 1.12. The van der Waals surface area contributed by atoms with Crippen LogP contribution in [0.5, 0.6) is 0 Å². The zero-order valence-electron chi connectivity index (χ0n) is 11.6. The number of halogens is 1. The van der Waals surface area contributed by atoms with Gasteiger partial charge in [-0.25, -0.2) is 4.99 Å². The first-order valence-corrected chi connectivity index (χ1v) is 5.53. The zero-order valence-corrected chi connectivity index (χ0v) is 14.0. The zero-order chi connectivity index (χ0) is 12.8. The lowest BCUT2D eigenvalue weighted by atomic mass is 10.1. The third-order valence-corrected chi connectivity index (χ3v) is 1.65. The van der Waals surface area contributed by atoms with Gasteiger partial charge in [-0.2, -0.15) is 0 Å². The summed E-state index contributed by atoms with van der Waals surface area (Å²) in [5, 5.41) is 5.96. The van der Waals surface area contributed by atoms with Crippen LogP contribution in [0, 0.1) is 0 Å². The van der Waals surface area contributed by atoms with E-state index in [9.17, 15) is 4.79 Å². The Balaban J connectivity index is 0. The molecular weight excluding hydrogens is 331 g/mol. The highest BCUT2D eigenvalue weighted by Crippen LogP contribution is 1.97. The molecule has 2 N–H and O–H groups in total. The molecule has 0 unspecified atom stereocenters. The fourth-order valence-electron chi connectivity index (χ4n) is 1.12. The Kier molecular flexibility index (Phi) is 9.46. The van der Waals surface area contributed by atoms with E-state index in [-0.39, 0.29) is 42.0 Å². The van der Waals surface area contributed by atoms with Crippen molar-refractivity contribution >= 4 is 35.8 Å². The second kappa shape index (κ2) is 8.54. The molecule has 0 aromatic rings. The Morgan fingerprint density at radius 1 is 1.29 bits per heavy atom. The van der Waals surface area contributed by atoms with Crippen molar-refractivity contribution in [2.24, 2.45) is 4.99 Å². The van der Waals surface area contributed by atoms with Crippen molar-refractivity contribution in [2.75, 3.05) is 27.2 Å². The molecule has 0 heterocycles. The molecule has 0 aliphatic carbocycles. The predicted molar refractivity (Wildman–Crippen MR) is 83.0 cm³/mol. The van der Waals surface area contributed by atoms with Crippen molar-refractivity contribution < 1.29 is 4.79 Å². The lowest BCUT2D eigenvalue weighted by Gasteiger charge is -2.20. The first kappa shape index (κ1) is 18.8. The van der Waals surface area contributed by atoms with E-state index in [1.165, 1.54) is 0 Å². The van der Waals surface area contributed by atoms with Crippen LogP contribution in [0.2, 0.25) is 0 Å². The van der Waals surface area contributed by atoms with Crippen molar-refractivity contribution in [1.29, 1.82) is 0 Å². The quantitative estimate of drug-likeness (QED) is 0.452. The van der Waals surface area contributed by atoms with Crippen LogP contribution in [0.1, 0.15) is 27.7 Å². The number of nitrogens with zero attached hydrogens (tertiary/aromatic N) is 2. The van der Waals surface area contributed by atoms with Crippen molar-refractivity contribution in [3.63, 3.8) is 0 Å². The normalized spacial score (nSPS) is 11.5. The van der Waals surface area contributed by atoms with Crippen LogP contribution in [-0.2, 0) is 4.79 Å². The van der Waals surface area contributed by atoms with E-state index in [0.29, 0.717) is 0 Å². The van der Waals surface area contributed by atoms with Gasteiger partial charge in [0.05, 0.1) is 0 Å². The van der Waals surface area contributed by atoms with Crippen LogP contribution in [0.25, 0.3) is 0 Å². The molecule has 0 atom stereocenters. The molecule has 0 spiro atoms. The van der Waals surface area contributed by atoms with Crippen molar-refractivity contribution in [1.82, 2.24) is 15.5 Å². The Hall–Kier alpha value is -0.530. The van der Waals surface area contributed by atoms with E-state index < -0.39 is 0 Å². The van der Waals surface area contributed by atoms with Gasteiger partial charge in [-0.05, 0) is 27.7 Å². The molecule has 1 amide bonds. The molecule has 0 rings (SSSR count). The number of carbonyl (C=O) groups excluding carboxylic acids is 1. The number of amides is 1. The highest BCUT2D eigenvalue weighted by atomic mass is 127. The summed E-state index contributed by atoms with van der Waals surface area (Å²) in [6.45, 7) is 8.78. The van der Waals surface area contributed by atoms with E-state index >= 15 is 0 Å². The highest BCUT2D eigenvalue weighted by Gasteiger charge is 2.13. The first-order chi connectivity index (χ1) is 7.26. The summed E-state index contributed by atoms with van der Waals surface area (Å²) >= 11 is 0. The molecule has 102 valence electrons. The Labute approximate surface area is 121 Å². The minimum absolute atomic E-state index is 0. The van der Waals surface area contributed by atoms with Gasteiger partial charge in [-0.1, -0.05) is 0 Å². The van der Waals surface area contributed by atoms with Crippen LogP contribution in [0.4, 0.5) is 0 Å². The molecule has 0 fully saturated rings. The number of aliphatic imine (C=N–C) groups is 1. The molecule has 5 nitrogen and oxygen atoms in total. The molecule has 0 saturated heterocycles. The molecule has 0 aliphatic rings. The minimum atomic E-state index is -0.205. The van der Waals surface area contributed by atoms with Crippen molar-refractivity contribution in [3.05, 3.63) is 0 Å². The van der Waals surface area contributed by atoms with Gasteiger partial charge in [0.15, 0.2) is 5.96 Å². The SMILES string of the molecule is CCNC(=NCC(=O)NC(C)(C)C)N(C)C.I. The topological polar surface area (TPSA) is 56.7 Å². The lowest BCUT2D eigenvalue weighted by Crippen LogP contribution is -2.43. The summed E-state index contributed by atoms with van der Waals surface area (Å²) in [6, 6.07) is 0. The van der Waals surface area contributed by atoms with Crippen LogP contribution in [-0.4, -0.2) is 49.5 Å². The van der Waals surface area contributed by atoms with Gasteiger partial charge in [0.2, 0.25) is 5.91 Å². The van der Waals surface area contributed by atoms with Gasteiger partial charge < -0.3 is 15.5 Å². The van der Waals surface area contributed by atoms with Gasteiger partial charge in [0, 0.05) is 26.2 Å². The molecule has 0 radical (unpaired) electrons. The third-order valence-electron chi connectivity index (χ3n) is 1.65. The molecule has 0 saturated carbocycles. The number of nitrogens with one attached hydrogen (secondary N) is 2. The predicted octanol–water partition coefficient (Wildman–Crippen LogP) is 1.05. The molecule has 0 aromatic heterocycles. The molecular formula is C11H25IN4O. The summed E-state index contributed by atoms with van der Waals surface area (Å²) in [5.74, 6) is 0.663. The number of rotatable bonds is 3. The van der Waals surface area contributed by atoms with E-state index in [1.807, 2.05) is 46.7 Å². The van der Waals surface area contributed by atoms with E-state index in [0.717, 1.165) is 12.5 Å². The lowest BCUT2D eigenvalue weighted by molar-refractivity contribution is -0.121. The molecule has 17 heavy (non-hydrogen) atoms. The molecule has 0 bridgehead atoms. The van der Waals surface area contributed by atoms with Gasteiger partial charge in [-0.15, -0.1) is 24.0 Å². The minimum Gasteiger partial charge on any atom is -0.357 e. The van der Waals surface area contributed by atoms with Crippen molar-refractivity contribution in [3.8, 4) is 0 Å². The van der Waals surface area contributed by atoms with Crippen LogP contribution in [0.15, 0.2) is 4.99 Å². The summed E-state index contributed by atoms with van der Waals surface area (Å²) < 4.78 is 0. The smallest absolute Gasteiger partial charge is 0.242 e. The van der Waals surface area contributed by atoms with Gasteiger partial charge >= 0.3 is 0 Å². The third kappa shape index (κ3) is 10.3. The summed E-state index contributed by atoms with van der Waals surface area (Å²) in [5.41, 5.74) is -0.205. The van der Waals surface area contributed by atoms with Crippen LogP contribution >= 0.6 is 24.0 Å². The highest BCUT2D eigenvalue weighted by molar-refractivity contribution is 14.0. The maximum absolute atomic E-state index is 11.5. The van der Waals surface area contributed by atoms with Gasteiger partial charge in [0.1, 0.15) is 6.54 Å². The molecule has 0 aliphatic heterocycles. The van der Waals surface area contributed by atoms with E-state index in [1.54, 1.807) is 0 Å². The first-order valence-electron chi connectivity index (χ1n) is 5.53. The fraction of sp³-hybridized carbons (Fsp3) is 0.818. The maximum atomic E-state index is 11.5. The molecule has 0 aromatic carbocycles. The summed E-state index contributed by atoms with van der Waals surface area (Å²) in [7, 11) is 3.78. The maximum Gasteiger partial charge on any atom is 0.242 e. The number of hydrogen-bond acceptors (Lipinski definition) is 2. The Bertz CT molecular complexity index is 259. The second-order valence-corrected chi connectivity index (χ2v) is 4.86. The average molecular weight is 356 g/mol. The standard InChI is InChI=1S/C11H24N4O.HI/c1-7-12-10(15(5)6)13-8-9(16)14-11(2,3)4;/h7-8H2,1-6H3,(H,12,13)(H,14,16);1H. The van der Waals surface area contributed by atoms with Gasteiger partial charge in [0.25, 0.3) is 0 Å². The molecule has 6 heteroatoms. The Morgan fingerprint density at radius 3 is 2.18 bits per heavy atom. The van der Waals surface area contributed by atoms with E-state index in [2.05, 4.69) is 15.6 Å².